The Morgan fingerprint density at radius 2 is 1.88 bits per heavy atom. The third kappa shape index (κ3) is 1.68. The van der Waals surface area contributed by atoms with Gasteiger partial charge in [-0.15, -0.1) is 0 Å². The van der Waals surface area contributed by atoms with Crippen molar-refractivity contribution in [2.24, 2.45) is 5.84 Å². The van der Waals surface area contributed by atoms with Gasteiger partial charge in [0, 0.05) is 9.86 Å². The number of halogens is 1. The topological polar surface area (TPSA) is 50.9 Å². The molecule has 0 bridgehead atoms. The fraction of sp³-hybridized carbons (Fsp3) is 0.250. The molecule has 0 saturated heterocycles. The molecule has 2 aromatic rings. The van der Waals surface area contributed by atoms with Gasteiger partial charge in [-0.05, 0) is 49.6 Å². The third-order valence-corrected chi connectivity index (χ3v) is 4.03. The number of nitrogens with one attached hydrogen (secondary N) is 1. The van der Waals surface area contributed by atoms with Crippen LogP contribution in [0.2, 0.25) is 0 Å². The molecule has 0 radical (unpaired) electrons. The molecule has 3 N–H and O–H groups in total. The molecule has 1 aromatic heterocycles. The lowest BCUT2D eigenvalue weighted by Crippen LogP contribution is -2.10. The van der Waals surface area contributed by atoms with E-state index in [1.807, 2.05) is 6.92 Å². The molecular formula is C12H14BrN3. The van der Waals surface area contributed by atoms with Gasteiger partial charge in [-0.3, -0.25) is 0 Å². The largest absolute Gasteiger partial charge is 0.308 e. The summed E-state index contributed by atoms with van der Waals surface area (Å²) in [6, 6.07) is 4.17. The van der Waals surface area contributed by atoms with Crippen LogP contribution in [0.15, 0.2) is 16.6 Å². The Bertz CT molecular complexity index is 564. The number of benzene rings is 1. The molecule has 0 saturated carbocycles. The zero-order valence-corrected chi connectivity index (χ0v) is 11.1. The van der Waals surface area contributed by atoms with Crippen molar-refractivity contribution in [1.29, 1.82) is 0 Å². The van der Waals surface area contributed by atoms with Crippen molar-refractivity contribution in [3.8, 4) is 0 Å². The standard InChI is InChI=1S/C12H14BrN3/c1-6-5-10-9(8(3)11(6)13)4-7(2)12(15-10)16-14/h4-5H,14H2,1-3H3,(H,15,16). The van der Waals surface area contributed by atoms with Crippen LogP contribution < -0.4 is 11.3 Å². The van der Waals surface area contributed by atoms with Crippen LogP contribution in [0.5, 0.6) is 0 Å². The van der Waals surface area contributed by atoms with E-state index in [-0.39, 0.29) is 0 Å². The Balaban J connectivity index is 2.86. The molecule has 0 amide bonds. The lowest BCUT2D eigenvalue weighted by Gasteiger charge is -2.11. The molecule has 16 heavy (non-hydrogen) atoms. The summed E-state index contributed by atoms with van der Waals surface area (Å²) >= 11 is 3.59. The zero-order valence-electron chi connectivity index (χ0n) is 9.56. The van der Waals surface area contributed by atoms with E-state index in [1.54, 1.807) is 0 Å². The molecule has 0 aliphatic carbocycles. The van der Waals surface area contributed by atoms with Gasteiger partial charge in [-0.25, -0.2) is 10.8 Å². The highest BCUT2D eigenvalue weighted by Gasteiger charge is 2.08. The number of pyridine rings is 1. The molecule has 1 aromatic carbocycles. The predicted molar refractivity (Wildman–Crippen MR) is 71.5 cm³/mol. The normalized spacial score (nSPS) is 10.8. The van der Waals surface area contributed by atoms with E-state index in [0.29, 0.717) is 0 Å². The maximum Gasteiger partial charge on any atom is 0.143 e. The van der Waals surface area contributed by atoms with E-state index in [1.165, 1.54) is 11.1 Å². The second kappa shape index (κ2) is 4.03. The Labute approximate surface area is 103 Å². The van der Waals surface area contributed by atoms with E-state index in [9.17, 15) is 0 Å². The molecule has 0 aliphatic heterocycles. The summed E-state index contributed by atoms with van der Waals surface area (Å²) in [5.41, 5.74) is 7.04. The molecule has 3 nitrogen and oxygen atoms in total. The van der Waals surface area contributed by atoms with E-state index in [4.69, 9.17) is 5.84 Å². The number of aryl methyl sites for hydroxylation is 3. The third-order valence-electron chi connectivity index (χ3n) is 2.81. The summed E-state index contributed by atoms with van der Waals surface area (Å²) in [7, 11) is 0. The van der Waals surface area contributed by atoms with Gasteiger partial charge in [0.15, 0.2) is 0 Å². The summed E-state index contributed by atoms with van der Waals surface area (Å²) in [6.07, 6.45) is 0. The van der Waals surface area contributed by atoms with Crippen LogP contribution >= 0.6 is 15.9 Å². The number of hydrazine groups is 1. The molecule has 0 spiro atoms. The second-order valence-electron chi connectivity index (χ2n) is 4.00. The first kappa shape index (κ1) is 11.4. The number of hydrogen-bond donors (Lipinski definition) is 2. The van der Waals surface area contributed by atoms with Gasteiger partial charge >= 0.3 is 0 Å². The van der Waals surface area contributed by atoms with E-state index >= 15 is 0 Å². The van der Waals surface area contributed by atoms with Gasteiger partial charge in [0.1, 0.15) is 5.82 Å². The summed E-state index contributed by atoms with van der Waals surface area (Å²) in [5, 5.41) is 1.16. The Morgan fingerprint density at radius 1 is 1.19 bits per heavy atom. The number of nitrogen functional groups attached to an aromatic ring is 1. The maximum absolute atomic E-state index is 5.43. The van der Waals surface area contributed by atoms with E-state index in [2.05, 4.69) is 52.3 Å². The molecule has 0 atom stereocenters. The van der Waals surface area contributed by atoms with Crippen LogP contribution in [0, 0.1) is 20.8 Å². The minimum Gasteiger partial charge on any atom is -0.308 e. The minimum atomic E-state index is 0.730. The molecule has 0 unspecified atom stereocenters. The second-order valence-corrected chi connectivity index (χ2v) is 4.79. The van der Waals surface area contributed by atoms with Crippen molar-refractivity contribution in [3.63, 3.8) is 0 Å². The van der Waals surface area contributed by atoms with Gasteiger partial charge in [0.2, 0.25) is 0 Å². The SMILES string of the molecule is Cc1cc2c(C)c(Br)c(C)cc2nc1NN. The highest BCUT2D eigenvalue weighted by Crippen LogP contribution is 2.30. The first-order valence-electron chi connectivity index (χ1n) is 5.08. The van der Waals surface area contributed by atoms with Crippen molar-refractivity contribution < 1.29 is 0 Å². The zero-order chi connectivity index (χ0) is 11.9. The summed E-state index contributed by atoms with van der Waals surface area (Å²) in [6.45, 7) is 6.15. The number of anilines is 1. The van der Waals surface area contributed by atoms with Crippen molar-refractivity contribution in [1.82, 2.24) is 4.98 Å². The van der Waals surface area contributed by atoms with Gasteiger partial charge in [-0.1, -0.05) is 15.9 Å². The predicted octanol–water partition coefficient (Wildman–Crippen LogP) is 3.21. The fourth-order valence-corrected chi connectivity index (χ4v) is 2.19. The summed E-state index contributed by atoms with van der Waals surface area (Å²) in [4.78, 5) is 4.50. The monoisotopic (exact) mass is 279 g/mol. The summed E-state index contributed by atoms with van der Waals surface area (Å²) in [5.74, 6) is 6.16. The van der Waals surface area contributed by atoms with Crippen molar-refractivity contribution in [2.75, 3.05) is 5.43 Å². The van der Waals surface area contributed by atoms with Gasteiger partial charge < -0.3 is 5.43 Å². The molecule has 0 aliphatic rings. The Kier molecular flexibility index (Phi) is 2.86. The molecule has 0 fully saturated rings. The fourth-order valence-electron chi connectivity index (χ4n) is 1.87. The van der Waals surface area contributed by atoms with Crippen molar-refractivity contribution in [2.45, 2.75) is 20.8 Å². The van der Waals surface area contributed by atoms with Crippen LogP contribution in [-0.2, 0) is 0 Å². The summed E-state index contributed by atoms with van der Waals surface area (Å²) < 4.78 is 1.15. The quantitative estimate of drug-likeness (QED) is 0.623. The first-order chi connectivity index (χ1) is 7.54. The Hall–Kier alpha value is -1.13. The molecule has 2 rings (SSSR count). The molecule has 84 valence electrons. The average molecular weight is 280 g/mol. The maximum atomic E-state index is 5.43. The van der Waals surface area contributed by atoms with E-state index in [0.717, 1.165) is 26.8 Å². The van der Waals surface area contributed by atoms with Gasteiger partial charge in [-0.2, -0.15) is 0 Å². The number of fused-ring (bicyclic) bond motifs is 1. The number of hydrogen-bond acceptors (Lipinski definition) is 3. The highest BCUT2D eigenvalue weighted by molar-refractivity contribution is 9.10. The Morgan fingerprint density at radius 3 is 2.50 bits per heavy atom. The smallest absolute Gasteiger partial charge is 0.143 e. The highest BCUT2D eigenvalue weighted by atomic mass is 79.9. The van der Waals surface area contributed by atoms with Crippen molar-refractivity contribution in [3.05, 3.63) is 33.3 Å². The van der Waals surface area contributed by atoms with E-state index < -0.39 is 0 Å². The molecular weight excluding hydrogens is 266 g/mol. The number of nitrogens with zero attached hydrogens (tertiary/aromatic N) is 1. The molecule has 1 heterocycles. The lowest BCUT2D eigenvalue weighted by atomic mass is 10.0. The van der Waals surface area contributed by atoms with Crippen LogP contribution in [-0.4, -0.2) is 4.98 Å². The first-order valence-corrected chi connectivity index (χ1v) is 5.87. The molecule has 4 heteroatoms. The minimum absolute atomic E-state index is 0.730. The van der Waals surface area contributed by atoms with Gasteiger partial charge in [0.25, 0.3) is 0 Å². The number of aromatic nitrogens is 1. The van der Waals surface area contributed by atoms with Crippen molar-refractivity contribution >= 4 is 32.7 Å². The average Bonchev–Trinajstić information content (AvgIpc) is 2.27. The van der Waals surface area contributed by atoms with Crippen LogP contribution in [0.4, 0.5) is 5.82 Å². The number of nitrogens with two attached hydrogens (primary N) is 1. The van der Waals surface area contributed by atoms with Crippen LogP contribution in [0.3, 0.4) is 0 Å². The van der Waals surface area contributed by atoms with Gasteiger partial charge in [0.05, 0.1) is 5.52 Å². The van der Waals surface area contributed by atoms with Crippen LogP contribution in [0.25, 0.3) is 10.9 Å². The number of rotatable bonds is 1. The lowest BCUT2D eigenvalue weighted by molar-refractivity contribution is 1.22. The van der Waals surface area contributed by atoms with Crippen LogP contribution in [0.1, 0.15) is 16.7 Å².